The Balaban J connectivity index is 0.000000149. The number of hydrogen-bond donors (Lipinski definition) is 0. The van der Waals surface area contributed by atoms with Crippen LogP contribution in [0.1, 0.15) is 22.3 Å². The molecule has 0 saturated carbocycles. The van der Waals surface area contributed by atoms with Gasteiger partial charge in [-0.15, -0.1) is 0 Å². The molecule has 1 aliphatic carbocycles. The molecule has 0 saturated heterocycles. The van der Waals surface area contributed by atoms with Crippen molar-refractivity contribution in [2.75, 3.05) is 9.80 Å². The Kier molecular flexibility index (Phi) is 20.2. The predicted octanol–water partition coefficient (Wildman–Crippen LogP) is 34.8. The first-order valence-corrected chi connectivity index (χ1v) is 45.8. The Morgan fingerprint density at radius 1 is 0.158 bits per heavy atom. The number of aromatic nitrogens is 2. The minimum Gasteiger partial charge on any atom is -0.309 e. The Hall–Kier alpha value is -17.4. The molecule has 1 aliphatic rings. The van der Waals surface area contributed by atoms with E-state index < -0.39 is 5.41 Å². The summed E-state index contributed by atoms with van der Waals surface area (Å²) in [5.41, 5.74) is 37.3. The lowest BCUT2D eigenvalue weighted by molar-refractivity contribution is 0.768. The van der Waals surface area contributed by atoms with E-state index >= 15 is 0 Å². The van der Waals surface area contributed by atoms with Crippen LogP contribution in [-0.4, -0.2) is 9.13 Å². The van der Waals surface area contributed by atoms with Gasteiger partial charge in [-0.05, 0) is 214 Å². The molecular formula is C129H88N4. The molecule has 0 unspecified atom stereocenters. The molecule has 0 amide bonds. The van der Waals surface area contributed by atoms with Crippen LogP contribution in [-0.2, 0) is 5.41 Å². The molecular weight excluding hydrogens is 1610 g/mol. The monoisotopic (exact) mass is 1690 g/mol. The number of benzene rings is 22. The fourth-order valence-corrected chi connectivity index (χ4v) is 21.0. The molecule has 0 fully saturated rings. The Labute approximate surface area is 774 Å². The van der Waals surface area contributed by atoms with Gasteiger partial charge < -0.3 is 18.9 Å². The smallest absolute Gasteiger partial charge is 0.0714 e. The fourth-order valence-electron chi connectivity index (χ4n) is 21.0. The van der Waals surface area contributed by atoms with Crippen LogP contribution in [0.15, 0.2) is 534 Å². The predicted molar refractivity (Wildman–Crippen MR) is 561 cm³/mol. The van der Waals surface area contributed by atoms with Crippen LogP contribution in [0.2, 0.25) is 0 Å². The van der Waals surface area contributed by atoms with Gasteiger partial charge in [0.05, 0.1) is 50.2 Å². The van der Waals surface area contributed by atoms with Crippen LogP contribution >= 0.6 is 0 Å². The van der Waals surface area contributed by atoms with Gasteiger partial charge in [0.2, 0.25) is 0 Å². The molecule has 0 bridgehead atoms. The highest BCUT2D eigenvalue weighted by molar-refractivity contribution is 6.13. The second kappa shape index (κ2) is 34.0. The van der Waals surface area contributed by atoms with Gasteiger partial charge in [0.25, 0.3) is 0 Å². The maximum Gasteiger partial charge on any atom is 0.0714 e. The number of para-hydroxylation sites is 4. The zero-order valence-corrected chi connectivity index (χ0v) is 73.1. The summed E-state index contributed by atoms with van der Waals surface area (Å²) < 4.78 is 4.88. The third-order valence-electron chi connectivity index (χ3n) is 27.1. The van der Waals surface area contributed by atoms with Crippen LogP contribution in [0.25, 0.3) is 166 Å². The van der Waals surface area contributed by atoms with Gasteiger partial charge in [-0.1, -0.05) is 431 Å². The largest absolute Gasteiger partial charge is 0.309 e. The van der Waals surface area contributed by atoms with Crippen LogP contribution < -0.4 is 9.80 Å². The molecule has 22 aromatic carbocycles. The lowest BCUT2D eigenvalue weighted by atomic mass is 9.67. The van der Waals surface area contributed by atoms with Gasteiger partial charge in [0.1, 0.15) is 0 Å². The van der Waals surface area contributed by atoms with Gasteiger partial charge >= 0.3 is 0 Å². The highest BCUT2D eigenvalue weighted by atomic mass is 15.2. The van der Waals surface area contributed by atoms with Crippen molar-refractivity contribution in [1.29, 1.82) is 0 Å². The second-order valence-electron chi connectivity index (χ2n) is 34.5. The van der Waals surface area contributed by atoms with Crippen LogP contribution in [0, 0.1) is 0 Å². The molecule has 2 heterocycles. The average Bonchev–Trinajstić information content (AvgIpc) is 1.54. The quantitative estimate of drug-likeness (QED) is 0.0903. The first-order valence-electron chi connectivity index (χ1n) is 45.8. The maximum absolute atomic E-state index is 2.51. The molecule has 24 aromatic rings. The van der Waals surface area contributed by atoms with E-state index in [0.717, 1.165) is 73.3 Å². The van der Waals surface area contributed by atoms with Crippen molar-refractivity contribution in [2.45, 2.75) is 5.41 Å². The van der Waals surface area contributed by atoms with Gasteiger partial charge in [-0.25, -0.2) is 0 Å². The van der Waals surface area contributed by atoms with E-state index in [-0.39, 0.29) is 0 Å². The first kappa shape index (κ1) is 79.0. The minimum atomic E-state index is -0.547. The number of hydrogen-bond acceptors (Lipinski definition) is 2. The normalized spacial score (nSPS) is 12.0. The third-order valence-corrected chi connectivity index (χ3v) is 27.1. The van der Waals surface area contributed by atoms with Crippen molar-refractivity contribution in [3.8, 4) is 100 Å². The fraction of sp³-hybridized carbons (Fsp3) is 0.00775. The number of anilines is 6. The molecule has 0 atom stereocenters. The Bertz CT molecular complexity index is 8440. The molecule has 624 valence electrons. The van der Waals surface area contributed by atoms with Gasteiger partial charge in [0.15, 0.2) is 0 Å². The van der Waals surface area contributed by atoms with E-state index in [9.17, 15) is 0 Å². The zero-order chi connectivity index (χ0) is 88.1. The van der Waals surface area contributed by atoms with Gasteiger partial charge in [-0.3, -0.25) is 0 Å². The summed E-state index contributed by atoms with van der Waals surface area (Å²) >= 11 is 0. The van der Waals surface area contributed by atoms with E-state index in [1.807, 2.05) is 0 Å². The second-order valence-corrected chi connectivity index (χ2v) is 34.5. The summed E-state index contributed by atoms with van der Waals surface area (Å²) in [5, 5.41) is 9.70. The van der Waals surface area contributed by atoms with Crippen molar-refractivity contribution in [3.63, 3.8) is 0 Å². The van der Waals surface area contributed by atoms with Crippen molar-refractivity contribution >= 4 is 99.3 Å². The summed E-state index contributed by atoms with van der Waals surface area (Å²) in [6.45, 7) is 0. The summed E-state index contributed by atoms with van der Waals surface area (Å²) in [6.07, 6.45) is 0. The molecule has 0 N–H and O–H groups in total. The minimum absolute atomic E-state index is 0.547. The zero-order valence-electron chi connectivity index (χ0n) is 73.1. The van der Waals surface area contributed by atoms with Gasteiger partial charge in [0, 0.05) is 66.2 Å². The third kappa shape index (κ3) is 14.0. The summed E-state index contributed by atoms with van der Waals surface area (Å²) in [6, 6.07) is 195. The molecule has 4 heteroatoms. The standard InChI is InChI=1S/C71H48N2.C58H40N2/c1-4-21-49(22-5-1)51-25-18-26-52(45-51)53-27-19-32-57(46-53)73-69-39-17-14-36-63(69)64-43-41-54(47-70(64)73)60-34-13-16-38-67(60)72(68-40-20-24-50-23-10-11-33-59(50)68)58-42-44-62-61-35-12-15-37-65(61)71(66(62)48-58,55-28-6-2-7-29-55)56-30-8-3-9-31-56;1-3-16-41(17-4-1)42-30-35-47(36-31-42)59(56-29-15-21-44-20-7-8-24-51(44)56)55-27-13-11-25-52(55)46-34-39-54-53-26-12-14-28-57(53)60(58(54)40-46)48-37-32-45(33-38-48)50-23-10-9-22-49(50)43-18-5-2-6-19-43/h1-48H;1-40H. The molecule has 0 spiro atoms. The first-order chi connectivity index (χ1) is 66.0. The summed E-state index contributed by atoms with van der Waals surface area (Å²) in [7, 11) is 0. The number of fused-ring (bicyclic) bond motifs is 11. The number of nitrogens with zero attached hydrogens (tertiary/aromatic N) is 4. The van der Waals surface area contributed by atoms with E-state index in [0.29, 0.717) is 0 Å². The summed E-state index contributed by atoms with van der Waals surface area (Å²) in [4.78, 5) is 4.94. The van der Waals surface area contributed by atoms with Crippen LogP contribution in [0.5, 0.6) is 0 Å². The van der Waals surface area contributed by atoms with E-state index in [4.69, 9.17) is 0 Å². The van der Waals surface area contributed by atoms with Crippen molar-refractivity contribution < 1.29 is 0 Å². The summed E-state index contributed by atoms with van der Waals surface area (Å²) in [5.74, 6) is 0. The average molecular weight is 1690 g/mol. The highest BCUT2D eigenvalue weighted by Gasteiger charge is 2.46. The SMILES string of the molecule is c1ccc(-c2ccc(N(c3ccccc3-c3ccc4c5ccccc5n(-c5ccc(-c6ccccc6-c6ccccc6)cc5)c4c3)c3cccc4ccccc34)cc2)cc1.c1ccc(-c2cccc(-c3cccc(-n4c5ccccc5c5ccc(-c6ccccc6N(c6ccc7c(c6)C(c6ccccc6)(c6ccccc6)c6ccccc6-7)c6cccc7ccccc67)cc54)c3)c2)cc1. The molecule has 0 aliphatic heterocycles. The van der Waals surface area contributed by atoms with E-state index in [1.165, 1.54) is 149 Å². The molecule has 2 aromatic heterocycles. The van der Waals surface area contributed by atoms with Gasteiger partial charge in [-0.2, -0.15) is 0 Å². The maximum atomic E-state index is 2.51. The molecule has 0 radical (unpaired) electrons. The van der Waals surface area contributed by atoms with Crippen molar-refractivity contribution in [1.82, 2.24) is 9.13 Å². The van der Waals surface area contributed by atoms with Crippen LogP contribution in [0.3, 0.4) is 0 Å². The topological polar surface area (TPSA) is 16.3 Å². The van der Waals surface area contributed by atoms with E-state index in [2.05, 4.69) is 553 Å². The highest BCUT2D eigenvalue weighted by Crippen LogP contribution is 2.59. The van der Waals surface area contributed by atoms with E-state index in [1.54, 1.807) is 0 Å². The molecule has 25 rings (SSSR count). The Morgan fingerprint density at radius 3 is 1.05 bits per heavy atom. The molecule has 133 heavy (non-hydrogen) atoms. The lowest BCUT2D eigenvalue weighted by Crippen LogP contribution is -2.28. The Morgan fingerprint density at radius 2 is 0.496 bits per heavy atom. The van der Waals surface area contributed by atoms with Crippen LogP contribution in [0.4, 0.5) is 34.1 Å². The van der Waals surface area contributed by atoms with Crippen molar-refractivity contribution in [3.05, 3.63) is 556 Å². The lowest BCUT2D eigenvalue weighted by Gasteiger charge is -2.35. The molecule has 4 nitrogen and oxygen atoms in total. The number of rotatable bonds is 17. The van der Waals surface area contributed by atoms with Crippen molar-refractivity contribution in [2.24, 2.45) is 0 Å².